The smallest absolute Gasteiger partial charge is 0.217 e. The second kappa shape index (κ2) is 6.45. The molecule has 150 valence electrons. The maximum atomic E-state index is 16.0. The Kier molecular flexibility index (Phi) is 4.38. The van der Waals surface area contributed by atoms with E-state index < -0.39 is 35.5 Å². The van der Waals surface area contributed by atoms with Crippen LogP contribution in [0.3, 0.4) is 0 Å². The number of alkyl halides is 2. The fourth-order valence-electron chi connectivity index (χ4n) is 3.56. The van der Waals surface area contributed by atoms with Crippen molar-refractivity contribution in [1.82, 2.24) is 4.72 Å². The molecule has 29 heavy (non-hydrogen) atoms. The van der Waals surface area contributed by atoms with Crippen molar-refractivity contribution in [2.75, 3.05) is 0 Å². The molecule has 3 aromatic rings. The van der Waals surface area contributed by atoms with Gasteiger partial charge in [-0.15, -0.1) is 0 Å². The number of nitrogens with one attached hydrogen (secondary N) is 1. The molecule has 4 rings (SSSR count). The van der Waals surface area contributed by atoms with E-state index in [0.29, 0.717) is 0 Å². The van der Waals surface area contributed by atoms with Gasteiger partial charge in [0.15, 0.2) is 5.54 Å². The predicted molar refractivity (Wildman–Crippen MR) is 103 cm³/mol. The first kappa shape index (κ1) is 19.7. The molecule has 1 atom stereocenters. The lowest BCUT2D eigenvalue weighted by Gasteiger charge is -2.37. The molecule has 0 aromatic heterocycles. The van der Waals surface area contributed by atoms with E-state index in [2.05, 4.69) is 0 Å². The van der Waals surface area contributed by atoms with Gasteiger partial charge in [-0.2, -0.15) is 13.5 Å². The number of sulfonamides is 1. The van der Waals surface area contributed by atoms with Crippen molar-refractivity contribution in [3.8, 4) is 0 Å². The van der Waals surface area contributed by atoms with Gasteiger partial charge in [-0.25, -0.2) is 16.8 Å². The van der Waals surface area contributed by atoms with Crippen LogP contribution in [0.25, 0.3) is 0 Å². The van der Waals surface area contributed by atoms with Crippen molar-refractivity contribution in [2.24, 2.45) is 0 Å². The van der Waals surface area contributed by atoms with Crippen molar-refractivity contribution in [3.63, 3.8) is 0 Å². The van der Waals surface area contributed by atoms with Crippen LogP contribution < -0.4 is 4.72 Å². The first-order valence-electron chi connectivity index (χ1n) is 8.51. The van der Waals surface area contributed by atoms with Crippen molar-refractivity contribution >= 4 is 19.9 Å². The zero-order valence-corrected chi connectivity index (χ0v) is 16.4. The molecule has 0 saturated heterocycles. The normalized spacial score (nSPS) is 20.9. The Balaban J connectivity index is 2.10. The van der Waals surface area contributed by atoms with Crippen LogP contribution in [0.2, 0.25) is 0 Å². The van der Waals surface area contributed by atoms with Gasteiger partial charge in [0, 0.05) is 5.56 Å². The van der Waals surface area contributed by atoms with E-state index in [1.54, 1.807) is 6.07 Å². The van der Waals surface area contributed by atoms with Gasteiger partial charge in [0.1, 0.15) is 0 Å². The molecule has 3 aromatic carbocycles. The van der Waals surface area contributed by atoms with Gasteiger partial charge in [0.2, 0.25) is 19.9 Å². The molecule has 0 amide bonds. The van der Waals surface area contributed by atoms with E-state index in [1.165, 1.54) is 66.7 Å². The first-order chi connectivity index (χ1) is 13.6. The largest absolute Gasteiger partial charge is 0.376 e. The lowest BCUT2D eigenvalue weighted by atomic mass is 9.84. The summed E-state index contributed by atoms with van der Waals surface area (Å²) >= 11 is 0. The Morgan fingerprint density at radius 2 is 1.31 bits per heavy atom. The van der Waals surface area contributed by atoms with E-state index >= 15 is 8.78 Å². The average molecular weight is 435 g/mol. The minimum Gasteiger partial charge on any atom is -0.217 e. The molecular weight excluding hydrogens is 420 g/mol. The molecule has 1 N–H and O–H groups in total. The predicted octanol–water partition coefficient (Wildman–Crippen LogP) is 3.29. The molecule has 1 aliphatic rings. The molecule has 1 aliphatic heterocycles. The number of hydrogen-bond donors (Lipinski definition) is 1. The lowest BCUT2D eigenvalue weighted by Crippen LogP contribution is -2.58. The van der Waals surface area contributed by atoms with Crippen LogP contribution in [0, 0.1) is 0 Å². The van der Waals surface area contributed by atoms with Gasteiger partial charge >= 0.3 is 5.25 Å². The fraction of sp³-hybridized carbons (Fsp3) is 0.100. The third-order valence-electron chi connectivity index (χ3n) is 4.90. The summed E-state index contributed by atoms with van der Waals surface area (Å²) in [5.74, 6) is 0. The Bertz CT molecular complexity index is 1280. The van der Waals surface area contributed by atoms with Crippen LogP contribution in [-0.2, 0) is 25.4 Å². The van der Waals surface area contributed by atoms with Crippen LogP contribution in [0.5, 0.6) is 0 Å². The fourth-order valence-corrected chi connectivity index (χ4v) is 6.75. The third-order valence-corrected chi connectivity index (χ3v) is 8.29. The van der Waals surface area contributed by atoms with Gasteiger partial charge < -0.3 is 0 Å². The standard InChI is InChI=1S/C20H15F2NO4S2/c21-20(22,28(24,25)16-11-5-2-6-12-16)19(15-9-3-1-4-10-15)17-13-7-8-14-18(17)29(26,27)23-19/h1-14,23H/t19-/m1/s1. The van der Waals surface area contributed by atoms with E-state index in [9.17, 15) is 16.8 Å². The number of rotatable bonds is 4. The minimum absolute atomic E-state index is 0.182. The Labute approximate surface area is 167 Å². The van der Waals surface area contributed by atoms with Crippen molar-refractivity contribution < 1.29 is 25.6 Å². The summed E-state index contributed by atoms with van der Waals surface area (Å²) in [6.07, 6.45) is 0. The SMILES string of the molecule is O=S1(=O)N[C@@](c2ccccc2)(C(F)(F)S(=O)(=O)c2ccccc2)c2ccccc21. The monoisotopic (exact) mass is 435 g/mol. The summed E-state index contributed by atoms with van der Waals surface area (Å²) in [6, 6.07) is 18.4. The van der Waals surface area contributed by atoms with Gasteiger partial charge in [0.05, 0.1) is 9.79 Å². The highest BCUT2D eigenvalue weighted by Gasteiger charge is 2.69. The second-order valence-electron chi connectivity index (χ2n) is 6.55. The van der Waals surface area contributed by atoms with Crippen LogP contribution in [0.15, 0.2) is 94.7 Å². The second-order valence-corrected chi connectivity index (χ2v) is 10.2. The van der Waals surface area contributed by atoms with Crippen LogP contribution in [-0.4, -0.2) is 22.1 Å². The number of benzene rings is 3. The van der Waals surface area contributed by atoms with Crippen molar-refractivity contribution in [3.05, 3.63) is 96.1 Å². The van der Waals surface area contributed by atoms with Gasteiger partial charge in [-0.3, -0.25) is 0 Å². The molecule has 1 heterocycles. The summed E-state index contributed by atoms with van der Waals surface area (Å²) in [4.78, 5) is -0.990. The summed E-state index contributed by atoms with van der Waals surface area (Å²) in [7, 11) is -9.66. The molecule has 0 aliphatic carbocycles. The molecule has 5 nitrogen and oxygen atoms in total. The highest BCUT2D eigenvalue weighted by Crippen LogP contribution is 2.53. The summed E-state index contributed by atoms with van der Waals surface area (Å²) in [6.45, 7) is 0. The highest BCUT2D eigenvalue weighted by atomic mass is 32.2. The first-order valence-corrected chi connectivity index (χ1v) is 11.5. The van der Waals surface area contributed by atoms with E-state index in [-0.39, 0.29) is 16.0 Å². The molecule has 9 heteroatoms. The lowest BCUT2D eigenvalue weighted by molar-refractivity contribution is 0.0162. The molecule has 0 unspecified atom stereocenters. The van der Waals surface area contributed by atoms with Crippen LogP contribution in [0.1, 0.15) is 11.1 Å². The molecule has 0 saturated carbocycles. The third kappa shape index (κ3) is 2.65. The van der Waals surface area contributed by atoms with Crippen molar-refractivity contribution in [1.29, 1.82) is 0 Å². The number of halogens is 2. The molecule has 0 fully saturated rings. The topological polar surface area (TPSA) is 80.3 Å². The highest BCUT2D eigenvalue weighted by molar-refractivity contribution is 7.93. The number of sulfone groups is 1. The summed E-state index contributed by atoms with van der Waals surface area (Å²) in [5, 5.41) is -4.54. The van der Waals surface area contributed by atoms with Gasteiger partial charge in [-0.05, 0) is 23.8 Å². The summed E-state index contributed by atoms with van der Waals surface area (Å²) < 4.78 is 85.6. The van der Waals surface area contributed by atoms with Crippen molar-refractivity contribution in [2.45, 2.75) is 20.6 Å². The van der Waals surface area contributed by atoms with E-state index in [4.69, 9.17) is 0 Å². The Morgan fingerprint density at radius 3 is 1.93 bits per heavy atom. The minimum atomic E-state index is -5.28. The maximum absolute atomic E-state index is 16.0. The van der Waals surface area contributed by atoms with E-state index in [0.717, 1.165) is 12.1 Å². The number of hydrogen-bond acceptors (Lipinski definition) is 4. The van der Waals surface area contributed by atoms with E-state index in [1.807, 2.05) is 4.72 Å². The van der Waals surface area contributed by atoms with Crippen LogP contribution in [0.4, 0.5) is 8.78 Å². The van der Waals surface area contributed by atoms with Gasteiger partial charge in [-0.1, -0.05) is 66.7 Å². The zero-order chi connectivity index (χ0) is 20.9. The number of fused-ring (bicyclic) bond motifs is 1. The molecule has 0 radical (unpaired) electrons. The zero-order valence-electron chi connectivity index (χ0n) is 14.8. The summed E-state index contributed by atoms with van der Waals surface area (Å²) in [5.41, 5.74) is -3.33. The van der Waals surface area contributed by atoms with Gasteiger partial charge in [0.25, 0.3) is 0 Å². The maximum Gasteiger partial charge on any atom is 0.376 e. The molecule has 0 bridgehead atoms. The Morgan fingerprint density at radius 1 is 0.793 bits per heavy atom. The van der Waals surface area contributed by atoms with Crippen LogP contribution >= 0.6 is 0 Å². The molecule has 0 spiro atoms. The Hall–Kier alpha value is -2.62. The molecular formula is C20H15F2NO4S2. The quantitative estimate of drug-likeness (QED) is 0.682. The average Bonchev–Trinajstić information content (AvgIpc) is 2.98.